The lowest BCUT2D eigenvalue weighted by atomic mass is 10.1. The molecule has 1 aromatic carbocycles. The van der Waals surface area contributed by atoms with Crippen LogP contribution in [0, 0.1) is 0 Å². The standard InChI is InChI=1S/C22H27N3O3/c1-17(19-7-6-12-23-15-19)24(2)22(27)18-8-10-20(11-9-18)28-16-21(26)25-13-4-3-5-14-25/h6-12,15,17H,3-5,13-14,16H2,1-2H3/t17-/m1/s1. The Morgan fingerprint density at radius 1 is 1.14 bits per heavy atom. The van der Waals surface area contributed by atoms with E-state index in [0.717, 1.165) is 31.5 Å². The molecule has 1 saturated heterocycles. The third-order valence-corrected chi connectivity index (χ3v) is 5.24. The third kappa shape index (κ3) is 4.88. The normalized spacial score (nSPS) is 15.0. The minimum atomic E-state index is -0.0840. The number of ether oxygens (including phenoxy) is 1. The van der Waals surface area contributed by atoms with Gasteiger partial charge in [-0.2, -0.15) is 0 Å². The molecule has 2 heterocycles. The molecule has 2 amide bonds. The average Bonchev–Trinajstić information content (AvgIpc) is 2.77. The van der Waals surface area contributed by atoms with Gasteiger partial charge in [-0.3, -0.25) is 14.6 Å². The predicted molar refractivity (Wildman–Crippen MR) is 107 cm³/mol. The fourth-order valence-electron chi connectivity index (χ4n) is 3.30. The molecular weight excluding hydrogens is 354 g/mol. The molecule has 0 spiro atoms. The van der Waals surface area contributed by atoms with Crippen molar-refractivity contribution in [2.24, 2.45) is 0 Å². The number of likely N-dealkylation sites (tertiary alicyclic amines) is 1. The molecule has 0 bridgehead atoms. The van der Waals surface area contributed by atoms with Crippen LogP contribution in [0.1, 0.15) is 48.1 Å². The number of nitrogens with zero attached hydrogens (tertiary/aromatic N) is 3. The summed E-state index contributed by atoms with van der Waals surface area (Å²) in [5.74, 6) is 0.530. The van der Waals surface area contributed by atoms with Crippen LogP contribution in [0.4, 0.5) is 0 Å². The predicted octanol–water partition coefficient (Wildman–Crippen LogP) is 3.31. The lowest BCUT2D eigenvalue weighted by Crippen LogP contribution is -2.38. The van der Waals surface area contributed by atoms with Gasteiger partial charge in [-0.15, -0.1) is 0 Å². The smallest absolute Gasteiger partial charge is 0.260 e. The number of pyridine rings is 1. The van der Waals surface area contributed by atoms with E-state index in [1.807, 2.05) is 24.0 Å². The Morgan fingerprint density at radius 2 is 1.86 bits per heavy atom. The highest BCUT2D eigenvalue weighted by molar-refractivity contribution is 5.94. The molecule has 0 saturated carbocycles. The Balaban J connectivity index is 1.55. The van der Waals surface area contributed by atoms with Gasteiger partial charge in [0.15, 0.2) is 6.61 Å². The zero-order valence-corrected chi connectivity index (χ0v) is 16.5. The summed E-state index contributed by atoms with van der Waals surface area (Å²) in [6.45, 7) is 3.64. The number of amides is 2. The van der Waals surface area contributed by atoms with E-state index in [9.17, 15) is 9.59 Å². The maximum atomic E-state index is 12.7. The molecule has 1 fully saturated rings. The summed E-state index contributed by atoms with van der Waals surface area (Å²) in [7, 11) is 1.78. The van der Waals surface area contributed by atoms with Crippen molar-refractivity contribution in [3.63, 3.8) is 0 Å². The molecule has 0 aliphatic carbocycles. The Labute approximate surface area is 166 Å². The minimum absolute atomic E-state index is 0.0184. The number of hydrogen-bond acceptors (Lipinski definition) is 4. The van der Waals surface area contributed by atoms with Crippen LogP contribution in [0.15, 0.2) is 48.8 Å². The third-order valence-electron chi connectivity index (χ3n) is 5.24. The van der Waals surface area contributed by atoms with E-state index >= 15 is 0 Å². The zero-order chi connectivity index (χ0) is 19.9. The van der Waals surface area contributed by atoms with E-state index in [0.29, 0.717) is 11.3 Å². The quantitative estimate of drug-likeness (QED) is 0.770. The summed E-state index contributed by atoms with van der Waals surface area (Å²) < 4.78 is 5.61. The zero-order valence-electron chi connectivity index (χ0n) is 16.5. The number of carbonyl (C=O) groups is 2. The van der Waals surface area contributed by atoms with Gasteiger partial charge >= 0.3 is 0 Å². The number of hydrogen-bond donors (Lipinski definition) is 0. The largest absolute Gasteiger partial charge is 0.484 e. The lowest BCUT2D eigenvalue weighted by Gasteiger charge is -2.26. The maximum absolute atomic E-state index is 12.7. The molecule has 148 valence electrons. The Morgan fingerprint density at radius 3 is 2.50 bits per heavy atom. The molecule has 1 aliphatic rings. The van der Waals surface area contributed by atoms with Gasteiger partial charge in [-0.05, 0) is 62.1 Å². The van der Waals surface area contributed by atoms with Gasteiger partial charge in [0.2, 0.25) is 0 Å². The first-order valence-corrected chi connectivity index (χ1v) is 9.74. The van der Waals surface area contributed by atoms with Crippen LogP contribution in [0.25, 0.3) is 0 Å². The summed E-state index contributed by atoms with van der Waals surface area (Å²) in [4.78, 5) is 32.6. The molecule has 3 rings (SSSR count). The molecule has 6 heteroatoms. The molecule has 0 N–H and O–H groups in total. The van der Waals surface area contributed by atoms with Gasteiger partial charge < -0.3 is 14.5 Å². The number of rotatable bonds is 6. The van der Waals surface area contributed by atoms with Gasteiger partial charge in [0.25, 0.3) is 11.8 Å². The number of benzene rings is 1. The van der Waals surface area contributed by atoms with Crippen LogP contribution < -0.4 is 4.74 Å². The monoisotopic (exact) mass is 381 g/mol. The van der Waals surface area contributed by atoms with E-state index in [4.69, 9.17) is 4.74 Å². The van der Waals surface area contributed by atoms with E-state index in [2.05, 4.69) is 4.98 Å². The van der Waals surface area contributed by atoms with Crippen LogP contribution in [-0.4, -0.2) is 53.3 Å². The van der Waals surface area contributed by atoms with Crippen LogP contribution in [0.5, 0.6) is 5.75 Å². The summed E-state index contributed by atoms with van der Waals surface area (Å²) >= 11 is 0. The van der Waals surface area contributed by atoms with Crippen molar-refractivity contribution in [2.75, 3.05) is 26.7 Å². The molecular formula is C22H27N3O3. The SMILES string of the molecule is C[C@H](c1cccnc1)N(C)C(=O)c1ccc(OCC(=O)N2CCCCC2)cc1. The molecule has 0 radical (unpaired) electrons. The van der Waals surface area contributed by atoms with Gasteiger partial charge in [-0.25, -0.2) is 0 Å². The van der Waals surface area contributed by atoms with Crippen molar-refractivity contribution in [3.8, 4) is 5.75 Å². The summed E-state index contributed by atoms with van der Waals surface area (Å²) in [6, 6.07) is 10.7. The average molecular weight is 381 g/mol. The number of piperidine rings is 1. The topological polar surface area (TPSA) is 62.7 Å². The maximum Gasteiger partial charge on any atom is 0.260 e. The molecule has 0 unspecified atom stereocenters. The van der Waals surface area contributed by atoms with E-state index < -0.39 is 0 Å². The first-order valence-electron chi connectivity index (χ1n) is 9.74. The van der Waals surface area contributed by atoms with Gasteiger partial charge in [0.1, 0.15) is 5.75 Å². The summed E-state index contributed by atoms with van der Waals surface area (Å²) in [5, 5.41) is 0. The van der Waals surface area contributed by atoms with Crippen molar-refractivity contribution in [1.29, 1.82) is 0 Å². The van der Waals surface area contributed by atoms with Crippen LogP contribution >= 0.6 is 0 Å². The summed E-state index contributed by atoms with van der Waals surface area (Å²) in [5.41, 5.74) is 1.56. The van der Waals surface area contributed by atoms with E-state index in [1.165, 1.54) is 6.42 Å². The van der Waals surface area contributed by atoms with Crippen LogP contribution in [0.3, 0.4) is 0 Å². The highest BCUT2D eigenvalue weighted by atomic mass is 16.5. The van der Waals surface area contributed by atoms with Crippen LogP contribution in [-0.2, 0) is 4.79 Å². The molecule has 1 aromatic heterocycles. The number of carbonyl (C=O) groups excluding carboxylic acids is 2. The van der Waals surface area contributed by atoms with Gasteiger partial charge in [-0.1, -0.05) is 6.07 Å². The number of aromatic nitrogens is 1. The van der Waals surface area contributed by atoms with E-state index in [1.54, 1.807) is 48.6 Å². The molecule has 6 nitrogen and oxygen atoms in total. The first-order chi connectivity index (χ1) is 13.6. The van der Waals surface area contributed by atoms with Gasteiger partial charge in [0.05, 0.1) is 6.04 Å². The molecule has 28 heavy (non-hydrogen) atoms. The highest BCUT2D eigenvalue weighted by Crippen LogP contribution is 2.21. The van der Waals surface area contributed by atoms with Crippen LogP contribution in [0.2, 0.25) is 0 Å². The molecule has 1 aliphatic heterocycles. The van der Waals surface area contributed by atoms with Crippen molar-refractivity contribution >= 4 is 11.8 Å². The Bertz CT molecular complexity index is 786. The lowest BCUT2D eigenvalue weighted by molar-refractivity contribution is -0.134. The highest BCUT2D eigenvalue weighted by Gasteiger charge is 2.20. The van der Waals surface area contributed by atoms with Crippen molar-refractivity contribution in [3.05, 3.63) is 59.9 Å². The second-order valence-corrected chi connectivity index (χ2v) is 7.13. The molecule has 2 aromatic rings. The van der Waals surface area contributed by atoms with Crippen molar-refractivity contribution in [2.45, 2.75) is 32.2 Å². The summed E-state index contributed by atoms with van der Waals surface area (Å²) in [6.07, 6.45) is 6.80. The molecule has 1 atom stereocenters. The fourth-order valence-corrected chi connectivity index (χ4v) is 3.30. The minimum Gasteiger partial charge on any atom is -0.484 e. The van der Waals surface area contributed by atoms with Gasteiger partial charge in [0, 0.05) is 38.1 Å². The van der Waals surface area contributed by atoms with Crippen molar-refractivity contribution < 1.29 is 14.3 Å². The second kappa shape index (κ2) is 9.35. The Kier molecular flexibility index (Phi) is 6.63. The second-order valence-electron chi connectivity index (χ2n) is 7.13. The first kappa shape index (κ1) is 19.9. The van der Waals surface area contributed by atoms with E-state index in [-0.39, 0.29) is 24.5 Å². The Hall–Kier alpha value is -2.89. The fraction of sp³-hybridized carbons (Fsp3) is 0.409. The van der Waals surface area contributed by atoms with Crippen molar-refractivity contribution in [1.82, 2.24) is 14.8 Å².